The molecular formula is C15H22N2O6. The quantitative estimate of drug-likeness (QED) is 0.483. The predicted octanol–water partition coefficient (Wildman–Crippen LogP) is 1.92. The van der Waals surface area contributed by atoms with E-state index in [1.807, 2.05) is 0 Å². The minimum absolute atomic E-state index is 0.0437. The van der Waals surface area contributed by atoms with Crippen molar-refractivity contribution < 1.29 is 29.4 Å². The second kappa shape index (κ2) is 7.89. The molecule has 0 spiro atoms. The number of carbonyl (C=O) groups excluding carboxylic acids is 2. The third-order valence-corrected chi connectivity index (χ3v) is 2.84. The maximum Gasteiger partial charge on any atom is 0.434 e. The van der Waals surface area contributed by atoms with Crippen LogP contribution in [-0.2, 0) is 9.47 Å². The van der Waals surface area contributed by atoms with Crippen LogP contribution in [0.4, 0.5) is 4.79 Å². The van der Waals surface area contributed by atoms with Gasteiger partial charge < -0.3 is 14.6 Å². The molecule has 0 aromatic carbocycles. The second-order valence-electron chi connectivity index (χ2n) is 5.85. The van der Waals surface area contributed by atoms with Gasteiger partial charge in [0.05, 0.1) is 18.7 Å². The Kier molecular flexibility index (Phi) is 6.47. The summed E-state index contributed by atoms with van der Waals surface area (Å²) >= 11 is 0. The highest BCUT2D eigenvalue weighted by atomic mass is 16.6. The number of amides is 1. The normalized spacial score (nSPS) is 12.4. The van der Waals surface area contributed by atoms with Gasteiger partial charge in [-0.05, 0) is 38.8 Å². The fraction of sp³-hybridized carbons (Fsp3) is 0.533. The van der Waals surface area contributed by atoms with Crippen molar-refractivity contribution in [3.8, 4) is 0 Å². The van der Waals surface area contributed by atoms with Crippen molar-refractivity contribution >= 4 is 12.1 Å². The Balaban J connectivity index is 3.06. The molecule has 1 heterocycles. The van der Waals surface area contributed by atoms with E-state index >= 15 is 0 Å². The molecule has 0 bridgehead atoms. The first-order valence-electron chi connectivity index (χ1n) is 7.04. The number of hydrogen-bond donors (Lipinski definition) is 2. The lowest BCUT2D eigenvalue weighted by Gasteiger charge is -2.28. The molecule has 8 heteroatoms. The maximum absolute atomic E-state index is 12.0. The van der Waals surface area contributed by atoms with E-state index in [4.69, 9.17) is 4.74 Å². The number of hydrogen-bond acceptors (Lipinski definition) is 7. The van der Waals surface area contributed by atoms with E-state index in [2.05, 4.69) is 9.72 Å². The van der Waals surface area contributed by atoms with Crippen LogP contribution in [0.25, 0.3) is 0 Å². The van der Waals surface area contributed by atoms with Gasteiger partial charge in [-0.15, -0.1) is 0 Å². The first-order valence-corrected chi connectivity index (χ1v) is 7.04. The van der Waals surface area contributed by atoms with E-state index < -0.39 is 23.7 Å². The molecule has 0 aliphatic carbocycles. The van der Waals surface area contributed by atoms with Gasteiger partial charge in [0.1, 0.15) is 5.60 Å². The Labute approximate surface area is 134 Å². The van der Waals surface area contributed by atoms with Crippen LogP contribution in [0.1, 0.15) is 49.2 Å². The summed E-state index contributed by atoms with van der Waals surface area (Å²) in [6.07, 6.45) is 1.78. The van der Waals surface area contributed by atoms with Gasteiger partial charge in [-0.2, -0.15) is 5.06 Å². The minimum Gasteiger partial charge on any atom is -0.465 e. The van der Waals surface area contributed by atoms with Crippen molar-refractivity contribution in [2.24, 2.45) is 0 Å². The lowest BCUT2D eigenvalue weighted by Crippen LogP contribution is -2.37. The molecule has 0 aliphatic heterocycles. The molecule has 0 saturated heterocycles. The molecule has 128 valence electrons. The molecule has 1 aromatic rings. The fourth-order valence-electron chi connectivity index (χ4n) is 1.86. The molecule has 1 unspecified atom stereocenters. The Morgan fingerprint density at radius 3 is 2.52 bits per heavy atom. The molecule has 8 nitrogen and oxygen atoms in total. The summed E-state index contributed by atoms with van der Waals surface area (Å²) in [5.41, 5.74) is -0.241. The number of methoxy groups -OCH3 is 1. The maximum atomic E-state index is 12.0. The van der Waals surface area contributed by atoms with E-state index in [1.165, 1.54) is 25.6 Å². The number of carbonyl (C=O) groups is 2. The number of aromatic nitrogens is 1. The summed E-state index contributed by atoms with van der Waals surface area (Å²) in [6.45, 7) is 4.71. The molecule has 1 rings (SSSR count). The van der Waals surface area contributed by atoms with Gasteiger partial charge >= 0.3 is 12.1 Å². The third kappa shape index (κ3) is 5.50. The van der Waals surface area contributed by atoms with Crippen molar-refractivity contribution in [2.75, 3.05) is 13.7 Å². The molecule has 0 fully saturated rings. The van der Waals surface area contributed by atoms with Crippen LogP contribution >= 0.6 is 0 Å². The standard InChI is InChI=1S/C15H22N2O6/c1-15(2,3)23-14(20)17(21)12(5-6-18)10-7-11(9-16-8-10)13(19)22-4/h7-9,12,18,21H,5-6H2,1-4H3. The molecule has 0 aliphatic rings. The fourth-order valence-corrected chi connectivity index (χ4v) is 1.86. The van der Waals surface area contributed by atoms with Gasteiger partial charge in [-0.3, -0.25) is 10.2 Å². The Morgan fingerprint density at radius 1 is 1.35 bits per heavy atom. The summed E-state index contributed by atoms with van der Waals surface area (Å²) in [6, 6.07) is 0.527. The average molecular weight is 326 g/mol. The number of rotatable bonds is 5. The zero-order valence-electron chi connectivity index (χ0n) is 13.6. The Morgan fingerprint density at radius 2 is 2.00 bits per heavy atom. The summed E-state index contributed by atoms with van der Waals surface area (Å²) in [7, 11) is 1.24. The molecule has 0 radical (unpaired) electrons. The molecular weight excluding hydrogens is 304 g/mol. The number of pyridine rings is 1. The van der Waals surface area contributed by atoms with Gasteiger partial charge in [0.15, 0.2) is 0 Å². The van der Waals surface area contributed by atoms with Crippen molar-refractivity contribution in [3.63, 3.8) is 0 Å². The van der Waals surface area contributed by atoms with Crippen LogP contribution in [0.5, 0.6) is 0 Å². The van der Waals surface area contributed by atoms with E-state index in [0.717, 1.165) is 0 Å². The van der Waals surface area contributed by atoms with Gasteiger partial charge in [0, 0.05) is 19.0 Å². The van der Waals surface area contributed by atoms with Crippen LogP contribution in [0.15, 0.2) is 18.5 Å². The lowest BCUT2D eigenvalue weighted by molar-refractivity contribution is -0.125. The first kappa shape index (κ1) is 18.9. The average Bonchev–Trinajstić information content (AvgIpc) is 2.49. The molecule has 0 saturated carbocycles. The van der Waals surface area contributed by atoms with E-state index in [-0.39, 0.29) is 18.6 Å². The number of nitrogens with zero attached hydrogens (tertiary/aromatic N) is 2. The highest BCUT2D eigenvalue weighted by Gasteiger charge is 2.29. The number of ether oxygens (including phenoxy) is 2. The molecule has 2 N–H and O–H groups in total. The number of aliphatic hydroxyl groups is 1. The zero-order chi connectivity index (χ0) is 17.6. The van der Waals surface area contributed by atoms with Crippen LogP contribution in [-0.4, -0.2) is 51.7 Å². The summed E-state index contributed by atoms with van der Waals surface area (Å²) < 4.78 is 9.70. The molecule has 1 aromatic heterocycles. The first-order chi connectivity index (χ1) is 10.7. The predicted molar refractivity (Wildman–Crippen MR) is 79.9 cm³/mol. The SMILES string of the molecule is COC(=O)c1cncc(C(CCO)N(O)C(=O)OC(C)(C)C)c1. The lowest BCUT2D eigenvalue weighted by atomic mass is 10.0. The number of hydroxylamine groups is 2. The molecule has 1 atom stereocenters. The highest BCUT2D eigenvalue weighted by molar-refractivity contribution is 5.89. The third-order valence-electron chi connectivity index (χ3n) is 2.84. The van der Waals surface area contributed by atoms with Crippen LogP contribution < -0.4 is 0 Å². The minimum atomic E-state index is -0.959. The summed E-state index contributed by atoms with van der Waals surface area (Å²) in [4.78, 5) is 27.4. The van der Waals surface area contributed by atoms with Gasteiger partial charge in [-0.1, -0.05) is 0 Å². The van der Waals surface area contributed by atoms with Crippen LogP contribution in [0.2, 0.25) is 0 Å². The monoisotopic (exact) mass is 326 g/mol. The van der Waals surface area contributed by atoms with Gasteiger partial charge in [0.25, 0.3) is 0 Å². The van der Waals surface area contributed by atoms with E-state index in [0.29, 0.717) is 10.6 Å². The van der Waals surface area contributed by atoms with Crippen molar-refractivity contribution in [1.82, 2.24) is 10.0 Å². The van der Waals surface area contributed by atoms with E-state index in [1.54, 1.807) is 20.8 Å². The van der Waals surface area contributed by atoms with Gasteiger partial charge in [-0.25, -0.2) is 9.59 Å². The topological polar surface area (TPSA) is 109 Å². The molecule has 1 amide bonds. The zero-order valence-corrected chi connectivity index (χ0v) is 13.6. The van der Waals surface area contributed by atoms with E-state index in [9.17, 15) is 19.9 Å². The second-order valence-corrected chi connectivity index (χ2v) is 5.85. The van der Waals surface area contributed by atoms with Crippen LogP contribution in [0.3, 0.4) is 0 Å². The summed E-state index contributed by atoms with van der Waals surface area (Å²) in [5.74, 6) is -0.594. The van der Waals surface area contributed by atoms with Gasteiger partial charge in [0.2, 0.25) is 0 Å². The van der Waals surface area contributed by atoms with Crippen molar-refractivity contribution in [1.29, 1.82) is 0 Å². The Bertz CT molecular complexity index is 555. The van der Waals surface area contributed by atoms with Crippen LogP contribution in [0, 0.1) is 0 Å². The van der Waals surface area contributed by atoms with Crippen molar-refractivity contribution in [2.45, 2.75) is 38.8 Å². The smallest absolute Gasteiger partial charge is 0.434 e. The molecule has 23 heavy (non-hydrogen) atoms. The Hall–Kier alpha value is -2.19. The summed E-state index contributed by atoms with van der Waals surface area (Å²) in [5, 5.41) is 19.7. The number of esters is 1. The van der Waals surface area contributed by atoms with Crippen molar-refractivity contribution in [3.05, 3.63) is 29.6 Å². The highest BCUT2D eigenvalue weighted by Crippen LogP contribution is 2.25. The number of aliphatic hydroxyl groups excluding tert-OH is 1. The largest absolute Gasteiger partial charge is 0.465 e.